The Balaban J connectivity index is 1.87. The van der Waals surface area contributed by atoms with Crippen LogP contribution in [0.5, 0.6) is 0 Å². The second kappa shape index (κ2) is 7.41. The van der Waals surface area contributed by atoms with Gasteiger partial charge in [-0.1, -0.05) is 30.3 Å². The lowest BCUT2D eigenvalue weighted by atomic mass is 10.1. The Morgan fingerprint density at radius 3 is 2.48 bits per heavy atom. The number of carbonyl (C=O) groups excluding carboxylic acids is 1. The molecule has 1 aliphatic heterocycles. The number of amides is 1. The Kier molecular flexibility index (Phi) is 5.43. The first-order valence-electron chi connectivity index (χ1n) is 7.90. The molecule has 1 atom stereocenters. The van der Waals surface area contributed by atoms with Crippen LogP contribution in [0.4, 0.5) is 4.39 Å². The third-order valence-corrected chi connectivity index (χ3v) is 7.43. The third kappa shape index (κ3) is 3.87. The van der Waals surface area contributed by atoms with Gasteiger partial charge in [-0.3, -0.25) is 4.79 Å². The zero-order valence-corrected chi connectivity index (χ0v) is 16.3. The van der Waals surface area contributed by atoms with Crippen LogP contribution in [0.3, 0.4) is 0 Å². The van der Waals surface area contributed by atoms with Gasteiger partial charge in [0.1, 0.15) is 5.82 Å². The molecule has 0 aromatic heterocycles. The van der Waals surface area contributed by atoms with Crippen LogP contribution in [-0.2, 0) is 9.84 Å². The van der Waals surface area contributed by atoms with Crippen LogP contribution in [0.2, 0.25) is 0 Å². The van der Waals surface area contributed by atoms with Crippen molar-refractivity contribution >= 4 is 38.3 Å². The van der Waals surface area contributed by atoms with Gasteiger partial charge >= 0.3 is 0 Å². The number of carbonyl (C=O) groups is 1. The molecule has 3 rings (SSSR count). The van der Waals surface area contributed by atoms with Crippen molar-refractivity contribution in [2.24, 2.45) is 0 Å². The summed E-state index contributed by atoms with van der Waals surface area (Å²) in [4.78, 5) is 14.3. The second-order valence-corrected chi connectivity index (χ2v) is 9.40. The van der Waals surface area contributed by atoms with Gasteiger partial charge in [0.25, 0.3) is 5.91 Å². The summed E-state index contributed by atoms with van der Waals surface area (Å²) >= 11 is 2.09. The van der Waals surface area contributed by atoms with Crippen molar-refractivity contribution < 1.29 is 17.6 Å². The molecule has 25 heavy (non-hydrogen) atoms. The Morgan fingerprint density at radius 1 is 1.08 bits per heavy atom. The first-order valence-corrected chi connectivity index (χ1v) is 10.7. The first kappa shape index (κ1) is 18.3. The lowest BCUT2D eigenvalue weighted by Gasteiger charge is -2.20. The summed E-state index contributed by atoms with van der Waals surface area (Å²) in [5.74, 6) is -0.871. The molecule has 1 unspecified atom stereocenters. The van der Waals surface area contributed by atoms with Gasteiger partial charge in [-0.2, -0.15) is 0 Å². The minimum absolute atomic E-state index is 0.122. The van der Waals surface area contributed by atoms with Gasteiger partial charge in [-0.05, 0) is 47.2 Å². The predicted octanol–water partition coefficient (Wildman–Crippen LogP) is 3.43. The lowest BCUT2D eigenvalue weighted by molar-refractivity contribution is 0.0765. The molecule has 0 spiro atoms. The summed E-state index contributed by atoms with van der Waals surface area (Å²) in [6, 6.07) is 13.2. The fourth-order valence-corrected chi connectivity index (χ4v) is 5.46. The van der Waals surface area contributed by atoms with Crippen molar-refractivity contribution in [1.82, 2.24) is 4.90 Å². The molecule has 1 saturated heterocycles. The summed E-state index contributed by atoms with van der Waals surface area (Å²) in [5.41, 5.74) is 0.746. The van der Waals surface area contributed by atoms with Crippen LogP contribution in [0.1, 0.15) is 27.6 Å². The van der Waals surface area contributed by atoms with E-state index >= 15 is 0 Å². The van der Waals surface area contributed by atoms with Gasteiger partial charge in [0.15, 0.2) is 9.84 Å². The number of hydrogen-bond donors (Lipinski definition) is 0. The average molecular weight is 473 g/mol. The Morgan fingerprint density at radius 2 is 1.76 bits per heavy atom. The molecule has 2 aromatic rings. The highest BCUT2D eigenvalue weighted by atomic mass is 127. The number of hydrogen-bond acceptors (Lipinski definition) is 3. The van der Waals surface area contributed by atoms with Gasteiger partial charge in [0.05, 0.1) is 16.6 Å². The standard InChI is InChI=1S/C18H17FINO3S/c19-15-7-3-1-5-13(15)17-9-10-21(11-12-25(17,23)24)18(22)14-6-2-4-8-16(14)20/h1-8,17H,9-12H2. The maximum atomic E-state index is 14.1. The lowest BCUT2D eigenvalue weighted by Crippen LogP contribution is -2.34. The van der Waals surface area contributed by atoms with E-state index in [2.05, 4.69) is 22.6 Å². The van der Waals surface area contributed by atoms with Crippen LogP contribution in [0.25, 0.3) is 0 Å². The fourth-order valence-electron chi connectivity index (χ4n) is 3.04. The molecule has 0 N–H and O–H groups in total. The number of nitrogens with zero attached hydrogens (tertiary/aromatic N) is 1. The van der Waals surface area contributed by atoms with Crippen LogP contribution < -0.4 is 0 Å². The molecule has 0 bridgehead atoms. The predicted molar refractivity (Wildman–Crippen MR) is 103 cm³/mol. The minimum atomic E-state index is -3.53. The molecule has 1 amide bonds. The molecular weight excluding hydrogens is 456 g/mol. The summed E-state index contributed by atoms with van der Waals surface area (Å²) in [5, 5.41) is -0.915. The van der Waals surface area contributed by atoms with E-state index in [1.807, 2.05) is 12.1 Å². The normalized spacial score (nSPS) is 20.1. The largest absolute Gasteiger partial charge is 0.338 e. The Labute approximate surface area is 160 Å². The van der Waals surface area contributed by atoms with Crippen molar-refractivity contribution in [1.29, 1.82) is 0 Å². The van der Waals surface area contributed by atoms with Gasteiger partial charge < -0.3 is 4.90 Å². The van der Waals surface area contributed by atoms with Crippen molar-refractivity contribution in [2.45, 2.75) is 11.7 Å². The molecule has 2 aromatic carbocycles. The molecule has 4 nitrogen and oxygen atoms in total. The molecule has 0 aliphatic carbocycles. The third-order valence-electron chi connectivity index (χ3n) is 4.38. The topological polar surface area (TPSA) is 54.5 Å². The summed E-state index contributed by atoms with van der Waals surface area (Å²) < 4.78 is 40.1. The summed E-state index contributed by atoms with van der Waals surface area (Å²) in [6.45, 7) is 0.402. The van der Waals surface area contributed by atoms with Crippen molar-refractivity contribution in [3.63, 3.8) is 0 Å². The maximum Gasteiger partial charge on any atom is 0.254 e. The van der Waals surface area contributed by atoms with Gasteiger partial charge in [0, 0.05) is 22.2 Å². The Hall–Kier alpha value is -1.48. The van der Waals surface area contributed by atoms with E-state index in [1.54, 1.807) is 23.1 Å². The van der Waals surface area contributed by atoms with E-state index in [4.69, 9.17) is 0 Å². The molecular formula is C18H17FINO3S. The van der Waals surface area contributed by atoms with E-state index in [0.29, 0.717) is 5.56 Å². The first-order chi connectivity index (χ1) is 11.9. The van der Waals surface area contributed by atoms with E-state index in [1.165, 1.54) is 18.2 Å². The zero-order valence-electron chi connectivity index (χ0n) is 13.4. The van der Waals surface area contributed by atoms with Crippen molar-refractivity contribution in [2.75, 3.05) is 18.8 Å². The Bertz CT molecular complexity index is 901. The maximum absolute atomic E-state index is 14.1. The van der Waals surface area contributed by atoms with Crippen LogP contribution >= 0.6 is 22.6 Å². The summed E-state index contributed by atoms with van der Waals surface area (Å²) in [7, 11) is -3.53. The van der Waals surface area contributed by atoms with Crippen molar-refractivity contribution in [3.05, 3.63) is 69.0 Å². The van der Waals surface area contributed by atoms with E-state index < -0.39 is 20.9 Å². The molecule has 7 heteroatoms. The SMILES string of the molecule is O=C(c1ccccc1I)N1CCC(c2ccccc2F)S(=O)(=O)CC1. The number of halogens is 2. The monoisotopic (exact) mass is 473 g/mol. The van der Waals surface area contributed by atoms with Gasteiger partial charge in [-0.25, -0.2) is 12.8 Å². The minimum Gasteiger partial charge on any atom is -0.338 e. The average Bonchev–Trinajstić information content (AvgIpc) is 2.74. The molecule has 0 radical (unpaired) electrons. The molecule has 132 valence electrons. The van der Waals surface area contributed by atoms with Gasteiger partial charge in [-0.15, -0.1) is 0 Å². The highest BCUT2D eigenvalue weighted by Gasteiger charge is 2.34. The fraction of sp³-hybridized carbons (Fsp3) is 0.278. The van der Waals surface area contributed by atoms with Crippen LogP contribution in [0, 0.1) is 9.39 Å². The molecule has 1 aliphatic rings. The smallest absolute Gasteiger partial charge is 0.254 e. The van der Waals surface area contributed by atoms with Crippen molar-refractivity contribution in [3.8, 4) is 0 Å². The summed E-state index contributed by atoms with van der Waals surface area (Å²) in [6.07, 6.45) is 0.193. The van der Waals surface area contributed by atoms with E-state index in [-0.39, 0.29) is 36.7 Å². The molecule has 1 heterocycles. The number of sulfone groups is 1. The zero-order chi connectivity index (χ0) is 18.0. The molecule has 1 fully saturated rings. The van der Waals surface area contributed by atoms with E-state index in [9.17, 15) is 17.6 Å². The van der Waals surface area contributed by atoms with E-state index in [0.717, 1.165) is 3.57 Å². The highest BCUT2D eigenvalue weighted by Crippen LogP contribution is 2.31. The number of benzene rings is 2. The highest BCUT2D eigenvalue weighted by molar-refractivity contribution is 14.1. The van der Waals surface area contributed by atoms with Crippen LogP contribution in [0.15, 0.2) is 48.5 Å². The number of rotatable bonds is 2. The quantitative estimate of drug-likeness (QED) is 0.629. The van der Waals surface area contributed by atoms with Gasteiger partial charge in [0.2, 0.25) is 0 Å². The second-order valence-electron chi connectivity index (χ2n) is 5.94. The van der Waals surface area contributed by atoms with Crippen LogP contribution in [-0.4, -0.2) is 38.1 Å². The molecule has 0 saturated carbocycles.